The summed E-state index contributed by atoms with van der Waals surface area (Å²) in [5.74, 6) is -0.531. The Labute approximate surface area is 124 Å². The van der Waals surface area contributed by atoms with Gasteiger partial charge in [-0.1, -0.05) is 55.9 Å². The minimum atomic E-state index is -0.401. The molecule has 2 aromatic rings. The van der Waals surface area contributed by atoms with Gasteiger partial charge < -0.3 is 11.1 Å². The van der Waals surface area contributed by atoms with Crippen LogP contribution < -0.4 is 11.1 Å². The quantitative estimate of drug-likeness (QED) is 0.827. The number of carbonyl (C=O) groups excluding carboxylic acids is 1. The van der Waals surface area contributed by atoms with Crippen molar-refractivity contribution in [1.82, 2.24) is 0 Å². The fourth-order valence-corrected chi connectivity index (χ4v) is 2.41. The Balaban J connectivity index is 2.18. The third-order valence-corrected chi connectivity index (χ3v) is 3.54. The molecule has 1 unspecified atom stereocenters. The first kappa shape index (κ1) is 14.5. The van der Waals surface area contributed by atoms with Gasteiger partial charge in [0, 0.05) is 5.69 Å². The number of fused-ring (bicyclic) bond motifs is 1. The molecule has 0 aliphatic heterocycles. The van der Waals surface area contributed by atoms with Crippen molar-refractivity contribution < 1.29 is 4.79 Å². The molecule has 0 saturated carbocycles. The maximum atomic E-state index is 12.2. The van der Waals surface area contributed by atoms with E-state index in [-0.39, 0.29) is 10.9 Å². The monoisotopic (exact) mass is 286 g/mol. The van der Waals surface area contributed by atoms with Crippen molar-refractivity contribution in [2.75, 3.05) is 5.32 Å². The summed E-state index contributed by atoms with van der Waals surface area (Å²) in [6.45, 7) is 2.01. The van der Waals surface area contributed by atoms with E-state index in [4.69, 9.17) is 18.0 Å². The molecule has 104 valence electrons. The first-order valence-corrected chi connectivity index (χ1v) is 7.11. The molecule has 0 radical (unpaired) electrons. The number of amides is 1. The summed E-state index contributed by atoms with van der Waals surface area (Å²) < 4.78 is 0. The van der Waals surface area contributed by atoms with Crippen LogP contribution in [-0.2, 0) is 4.79 Å². The second-order valence-corrected chi connectivity index (χ2v) is 5.27. The van der Waals surface area contributed by atoms with Crippen molar-refractivity contribution in [3.8, 4) is 0 Å². The molecule has 4 heteroatoms. The normalized spacial score (nSPS) is 12.1. The molecule has 1 amide bonds. The maximum Gasteiger partial charge on any atom is 0.234 e. The number of thiocarbonyl (C=S) groups is 1. The molecule has 1 atom stereocenters. The Hall–Kier alpha value is -1.94. The number of nitrogens with two attached hydrogens (primary N) is 1. The standard InChI is InChI=1S/C16H18N2OS/c1-2-5-14(15(17)20)16(19)18-13-9-8-11-6-3-4-7-12(11)10-13/h3-4,6-10,14H,2,5H2,1H3,(H2,17,20)(H,18,19). The van der Waals surface area contributed by atoms with Gasteiger partial charge in [-0.15, -0.1) is 0 Å². The van der Waals surface area contributed by atoms with Crippen LogP contribution in [0, 0.1) is 5.92 Å². The zero-order chi connectivity index (χ0) is 14.5. The first-order chi connectivity index (χ1) is 9.61. The first-order valence-electron chi connectivity index (χ1n) is 6.71. The summed E-state index contributed by atoms with van der Waals surface area (Å²) in [5.41, 5.74) is 6.41. The Kier molecular flexibility index (Phi) is 4.69. The van der Waals surface area contributed by atoms with E-state index in [1.807, 2.05) is 49.4 Å². The average molecular weight is 286 g/mol. The van der Waals surface area contributed by atoms with Gasteiger partial charge in [-0.3, -0.25) is 4.79 Å². The highest BCUT2D eigenvalue weighted by Gasteiger charge is 2.20. The smallest absolute Gasteiger partial charge is 0.234 e. The van der Waals surface area contributed by atoms with Gasteiger partial charge >= 0.3 is 0 Å². The van der Waals surface area contributed by atoms with Crippen LogP contribution in [0.25, 0.3) is 10.8 Å². The second-order valence-electron chi connectivity index (χ2n) is 4.79. The van der Waals surface area contributed by atoms with Crippen LogP contribution in [0.2, 0.25) is 0 Å². The molecule has 3 nitrogen and oxygen atoms in total. The molecule has 20 heavy (non-hydrogen) atoms. The molecule has 0 saturated heterocycles. The van der Waals surface area contributed by atoms with E-state index in [2.05, 4.69) is 5.32 Å². The predicted molar refractivity (Wildman–Crippen MR) is 87.8 cm³/mol. The van der Waals surface area contributed by atoms with E-state index in [0.717, 1.165) is 22.9 Å². The van der Waals surface area contributed by atoms with Crippen molar-refractivity contribution in [2.45, 2.75) is 19.8 Å². The van der Waals surface area contributed by atoms with E-state index in [9.17, 15) is 4.79 Å². The molecule has 0 spiro atoms. The minimum absolute atomic E-state index is 0.130. The molecule has 2 rings (SSSR count). The van der Waals surface area contributed by atoms with Crippen LogP contribution in [0.5, 0.6) is 0 Å². The largest absolute Gasteiger partial charge is 0.393 e. The second kappa shape index (κ2) is 6.48. The van der Waals surface area contributed by atoms with Gasteiger partial charge in [0.1, 0.15) is 0 Å². The molecule has 0 aliphatic carbocycles. The Bertz CT molecular complexity index is 639. The van der Waals surface area contributed by atoms with Crippen LogP contribution in [0.3, 0.4) is 0 Å². The fourth-order valence-electron chi connectivity index (χ4n) is 2.19. The van der Waals surface area contributed by atoms with Crippen molar-refractivity contribution >= 4 is 39.6 Å². The van der Waals surface area contributed by atoms with Crippen molar-refractivity contribution in [3.05, 3.63) is 42.5 Å². The number of carbonyl (C=O) groups is 1. The summed E-state index contributed by atoms with van der Waals surface area (Å²) in [6, 6.07) is 13.9. The minimum Gasteiger partial charge on any atom is -0.393 e. The topological polar surface area (TPSA) is 55.1 Å². The molecule has 0 heterocycles. The van der Waals surface area contributed by atoms with Crippen LogP contribution in [0.15, 0.2) is 42.5 Å². The lowest BCUT2D eigenvalue weighted by Gasteiger charge is -2.15. The van der Waals surface area contributed by atoms with Crippen molar-refractivity contribution in [1.29, 1.82) is 0 Å². The van der Waals surface area contributed by atoms with Gasteiger partial charge in [0.05, 0.1) is 10.9 Å². The predicted octanol–water partition coefficient (Wildman–Crippen LogP) is 3.48. The molecular weight excluding hydrogens is 268 g/mol. The molecular formula is C16H18N2OS. The zero-order valence-corrected chi connectivity index (χ0v) is 12.2. The molecule has 0 bridgehead atoms. The van der Waals surface area contributed by atoms with E-state index in [0.29, 0.717) is 6.42 Å². The number of rotatable bonds is 5. The Morgan fingerprint density at radius 2 is 1.95 bits per heavy atom. The zero-order valence-electron chi connectivity index (χ0n) is 11.4. The lowest BCUT2D eigenvalue weighted by atomic mass is 10.0. The van der Waals surface area contributed by atoms with Gasteiger partial charge in [-0.05, 0) is 29.3 Å². The van der Waals surface area contributed by atoms with Crippen molar-refractivity contribution in [3.63, 3.8) is 0 Å². The number of anilines is 1. The van der Waals surface area contributed by atoms with Gasteiger partial charge in [0.15, 0.2) is 0 Å². The van der Waals surface area contributed by atoms with Crippen LogP contribution >= 0.6 is 12.2 Å². The Morgan fingerprint density at radius 1 is 1.25 bits per heavy atom. The highest BCUT2D eigenvalue weighted by Crippen LogP contribution is 2.20. The molecule has 3 N–H and O–H groups in total. The Morgan fingerprint density at radius 3 is 2.60 bits per heavy atom. The van der Waals surface area contributed by atoms with E-state index < -0.39 is 5.92 Å². The van der Waals surface area contributed by atoms with Crippen LogP contribution in [0.4, 0.5) is 5.69 Å². The summed E-state index contributed by atoms with van der Waals surface area (Å²) in [5, 5.41) is 5.13. The molecule has 0 fully saturated rings. The average Bonchev–Trinajstić information content (AvgIpc) is 2.44. The highest BCUT2D eigenvalue weighted by atomic mass is 32.1. The molecule has 2 aromatic carbocycles. The SMILES string of the molecule is CCCC(C(=O)Nc1ccc2ccccc2c1)C(N)=S. The van der Waals surface area contributed by atoms with Crippen LogP contribution in [0.1, 0.15) is 19.8 Å². The third kappa shape index (κ3) is 3.33. The molecule has 0 aromatic heterocycles. The van der Waals surface area contributed by atoms with E-state index >= 15 is 0 Å². The number of benzene rings is 2. The molecule has 0 aliphatic rings. The summed E-state index contributed by atoms with van der Waals surface area (Å²) in [6.07, 6.45) is 1.54. The summed E-state index contributed by atoms with van der Waals surface area (Å²) in [7, 11) is 0. The number of nitrogens with one attached hydrogen (secondary N) is 1. The highest BCUT2D eigenvalue weighted by molar-refractivity contribution is 7.80. The number of hydrogen-bond donors (Lipinski definition) is 2. The van der Waals surface area contributed by atoms with Crippen LogP contribution in [-0.4, -0.2) is 10.9 Å². The number of hydrogen-bond acceptors (Lipinski definition) is 2. The van der Waals surface area contributed by atoms with Crippen molar-refractivity contribution in [2.24, 2.45) is 11.7 Å². The van der Waals surface area contributed by atoms with Gasteiger partial charge in [-0.2, -0.15) is 0 Å². The lowest BCUT2D eigenvalue weighted by molar-refractivity contribution is -0.118. The third-order valence-electron chi connectivity index (χ3n) is 3.25. The van der Waals surface area contributed by atoms with Gasteiger partial charge in [-0.25, -0.2) is 0 Å². The van der Waals surface area contributed by atoms with E-state index in [1.54, 1.807) is 0 Å². The van der Waals surface area contributed by atoms with Gasteiger partial charge in [0.2, 0.25) is 5.91 Å². The lowest BCUT2D eigenvalue weighted by Crippen LogP contribution is -2.33. The van der Waals surface area contributed by atoms with E-state index in [1.165, 1.54) is 0 Å². The summed E-state index contributed by atoms with van der Waals surface area (Å²) >= 11 is 4.97. The fraction of sp³-hybridized carbons (Fsp3) is 0.250. The van der Waals surface area contributed by atoms with Gasteiger partial charge in [0.25, 0.3) is 0 Å². The maximum absolute atomic E-state index is 12.2. The summed E-state index contributed by atoms with van der Waals surface area (Å²) in [4.78, 5) is 12.5.